The highest BCUT2D eigenvalue weighted by molar-refractivity contribution is 6.05. The van der Waals surface area contributed by atoms with Gasteiger partial charge in [0.25, 0.3) is 5.91 Å². The summed E-state index contributed by atoms with van der Waals surface area (Å²) in [7, 11) is 1.60. The Morgan fingerprint density at radius 1 is 0.906 bits per heavy atom. The predicted octanol–water partition coefficient (Wildman–Crippen LogP) is 5.81. The van der Waals surface area contributed by atoms with E-state index in [1.165, 1.54) is 0 Å². The molecule has 160 valence electrons. The van der Waals surface area contributed by atoms with Gasteiger partial charge in [0.2, 0.25) is 5.88 Å². The number of hydrogen-bond acceptors (Lipinski definition) is 5. The number of amides is 1. The molecule has 0 atom stereocenters. The smallest absolute Gasteiger partial charge is 0.255 e. The molecule has 1 heterocycles. The Bertz CT molecular complexity index is 1270. The third-order valence-electron chi connectivity index (χ3n) is 4.91. The number of carbonyl (C=O) groups excluding carboxylic acids is 1. The van der Waals surface area contributed by atoms with Crippen LogP contribution in [0.25, 0.3) is 11.4 Å². The number of methoxy groups -OCH3 is 1. The Labute approximate surface area is 186 Å². The van der Waals surface area contributed by atoms with Crippen molar-refractivity contribution in [1.82, 2.24) is 9.97 Å². The quantitative estimate of drug-likeness (QED) is 0.422. The molecular weight excluding hydrogens is 402 g/mol. The molecule has 0 bridgehead atoms. The molecule has 0 aliphatic heterocycles. The van der Waals surface area contributed by atoms with E-state index in [-0.39, 0.29) is 5.91 Å². The zero-order valence-corrected chi connectivity index (χ0v) is 18.1. The summed E-state index contributed by atoms with van der Waals surface area (Å²) in [6.07, 6.45) is 1.63. The lowest BCUT2D eigenvalue weighted by atomic mass is 10.1. The molecule has 4 rings (SSSR count). The molecule has 4 aromatic rings. The van der Waals surface area contributed by atoms with Crippen LogP contribution in [-0.4, -0.2) is 23.0 Å². The molecule has 0 spiro atoms. The first-order chi connectivity index (χ1) is 15.5. The molecule has 32 heavy (non-hydrogen) atoms. The van der Waals surface area contributed by atoms with E-state index in [4.69, 9.17) is 9.47 Å². The van der Waals surface area contributed by atoms with Gasteiger partial charge < -0.3 is 14.8 Å². The summed E-state index contributed by atoms with van der Waals surface area (Å²) < 4.78 is 11.1. The van der Waals surface area contributed by atoms with Crippen LogP contribution in [0.1, 0.15) is 21.5 Å². The van der Waals surface area contributed by atoms with Crippen molar-refractivity contribution in [3.05, 3.63) is 95.7 Å². The molecule has 0 unspecified atom stereocenters. The number of aryl methyl sites for hydroxylation is 2. The first kappa shape index (κ1) is 21.1. The summed E-state index contributed by atoms with van der Waals surface area (Å²) in [5.74, 6) is 1.97. The van der Waals surface area contributed by atoms with Gasteiger partial charge in [-0.2, -0.15) is 4.98 Å². The Balaban J connectivity index is 1.55. The SMILES string of the molecule is COc1cccc(Oc2ccnc(-c3cccc(C(=O)Nc4ccc(C)cc4C)c3)n2)c1. The summed E-state index contributed by atoms with van der Waals surface area (Å²) in [5.41, 5.74) is 4.19. The molecule has 6 heteroatoms. The average molecular weight is 425 g/mol. The summed E-state index contributed by atoms with van der Waals surface area (Å²) in [4.78, 5) is 21.7. The third-order valence-corrected chi connectivity index (χ3v) is 4.91. The number of anilines is 1. The molecule has 0 aliphatic carbocycles. The van der Waals surface area contributed by atoms with E-state index in [2.05, 4.69) is 15.3 Å². The van der Waals surface area contributed by atoms with Gasteiger partial charge in [-0.15, -0.1) is 0 Å². The highest BCUT2D eigenvalue weighted by Gasteiger charge is 2.11. The maximum absolute atomic E-state index is 12.8. The van der Waals surface area contributed by atoms with Crippen LogP contribution in [0.2, 0.25) is 0 Å². The van der Waals surface area contributed by atoms with Gasteiger partial charge in [-0.25, -0.2) is 4.98 Å². The summed E-state index contributed by atoms with van der Waals surface area (Å²) in [6, 6.07) is 22.1. The Kier molecular flexibility index (Phi) is 6.12. The molecule has 0 aliphatic rings. The number of ether oxygens (including phenoxy) is 2. The molecule has 3 aromatic carbocycles. The number of benzene rings is 3. The van der Waals surface area contributed by atoms with Crippen LogP contribution in [0.15, 0.2) is 79.0 Å². The van der Waals surface area contributed by atoms with Crippen LogP contribution in [0.5, 0.6) is 17.4 Å². The minimum atomic E-state index is -0.192. The van der Waals surface area contributed by atoms with Crippen LogP contribution in [-0.2, 0) is 0 Å². The molecule has 0 radical (unpaired) electrons. The standard InChI is InChI=1S/C26H23N3O3/c1-17-10-11-23(18(2)14-17)28-26(30)20-7-4-6-19(15-20)25-27-13-12-24(29-25)32-22-9-5-8-21(16-22)31-3/h4-16H,1-3H3,(H,28,30). The fourth-order valence-electron chi connectivity index (χ4n) is 3.27. The maximum atomic E-state index is 12.8. The number of nitrogens with zero attached hydrogens (tertiary/aromatic N) is 2. The summed E-state index contributed by atoms with van der Waals surface area (Å²) in [5, 5.41) is 2.97. The van der Waals surface area contributed by atoms with Crippen molar-refractivity contribution in [2.45, 2.75) is 13.8 Å². The fourth-order valence-corrected chi connectivity index (χ4v) is 3.27. The number of rotatable bonds is 6. The second-order valence-corrected chi connectivity index (χ2v) is 7.35. The highest BCUT2D eigenvalue weighted by Crippen LogP contribution is 2.26. The van der Waals surface area contributed by atoms with E-state index < -0.39 is 0 Å². The normalized spacial score (nSPS) is 10.5. The van der Waals surface area contributed by atoms with Crippen LogP contribution in [0, 0.1) is 13.8 Å². The van der Waals surface area contributed by atoms with Gasteiger partial charge in [0.1, 0.15) is 11.5 Å². The fraction of sp³-hybridized carbons (Fsp3) is 0.115. The molecule has 0 saturated carbocycles. The topological polar surface area (TPSA) is 73.3 Å². The predicted molar refractivity (Wildman–Crippen MR) is 124 cm³/mol. The number of nitrogens with one attached hydrogen (secondary N) is 1. The van der Waals surface area contributed by atoms with Crippen LogP contribution < -0.4 is 14.8 Å². The van der Waals surface area contributed by atoms with Gasteiger partial charge in [0, 0.05) is 35.1 Å². The van der Waals surface area contributed by atoms with Crippen LogP contribution in [0.3, 0.4) is 0 Å². The summed E-state index contributed by atoms with van der Waals surface area (Å²) >= 11 is 0. The Hall–Kier alpha value is -4.19. The molecule has 0 saturated heterocycles. The van der Waals surface area contributed by atoms with Crippen LogP contribution >= 0.6 is 0 Å². The minimum Gasteiger partial charge on any atom is -0.497 e. The van der Waals surface area contributed by atoms with Crippen molar-refractivity contribution in [3.8, 4) is 28.8 Å². The lowest BCUT2D eigenvalue weighted by Gasteiger charge is -2.10. The zero-order valence-electron chi connectivity index (χ0n) is 18.1. The lowest BCUT2D eigenvalue weighted by Crippen LogP contribution is -2.13. The molecule has 0 fully saturated rings. The van der Waals surface area contributed by atoms with E-state index in [0.29, 0.717) is 28.8 Å². The second-order valence-electron chi connectivity index (χ2n) is 7.35. The van der Waals surface area contributed by atoms with E-state index in [1.54, 1.807) is 37.6 Å². The van der Waals surface area contributed by atoms with E-state index in [1.807, 2.05) is 62.4 Å². The second kappa shape index (κ2) is 9.31. The van der Waals surface area contributed by atoms with Crippen molar-refractivity contribution in [2.75, 3.05) is 12.4 Å². The lowest BCUT2D eigenvalue weighted by molar-refractivity contribution is 0.102. The van der Waals surface area contributed by atoms with Gasteiger partial charge in [-0.3, -0.25) is 4.79 Å². The summed E-state index contributed by atoms with van der Waals surface area (Å²) in [6.45, 7) is 3.99. The zero-order chi connectivity index (χ0) is 22.5. The average Bonchev–Trinajstić information content (AvgIpc) is 2.81. The largest absolute Gasteiger partial charge is 0.497 e. The van der Waals surface area contributed by atoms with Gasteiger partial charge >= 0.3 is 0 Å². The number of hydrogen-bond donors (Lipinski definition) is 1. The van der Waals surface area contributed by atoms with Gasteiger partial charge in [0.05, 0.1) is 7.11 Å². The van der Waals surface area contributed by atoms with Gasteiger partial charge in [-0.1, -0.05) is 35.9 Å². The van der Waals surface area contributed by atoms with Crippen molar-refractivity contribution in [3.63, 3.8) is 0 Å². The van der Waals surface area contributed by atoms with E-state index in [9.17, 15) is 4.79 Å². The van der Waals surface area contributed by atoms with Crippen molar-refractivity contribution in [1.29, 1.82) is 0 Å². The van der Waals surface area contributed by atoms with Crippen molar-refractivity contribution in [2.24, 2.45) is 0 Å². The first-order valence-electron chi connectivity index (χ1n) is 10.2. The van der Waals surface area contributed by atoms with E-state index >= 15 is 0 Å². The molecule has 1 aromatic heterocycles. The van der Waals surface area contributed by atoms with Gasteiger partial charge in [-0.05, 0) is 49.7 Å². The Morgan fingerprint density at radius 3 is 2.53 bits per heavy atom. The molecule has 1 N–H and O–H groups in total. The van der Waals surface area contributed by atoms with Crippen molar-refractivity contribution >= 4 is 11.6 Å². The van der Waals surface area contributed by atoms with Crippen molar-refractivity contribution < 1.29 is 14.3 Å². The Morgan fingerprint density at radius 2 is 1.72 bits per heavy atom. The van der Waals surface area contributed by atoms with E-state index in [0.717, 1.165) is 22.4 Å². The number of carbonyl (C=O) groups is 1. The molecule has 1 amide bonds. The minimum absolute atomic E-state index is 0.192. The van der Waals surface area contributed by atoms with Gasteiger partial charge in [0.15, 0.2) is 5.82 Å². The van der Waals surface area contributed by atoms with Crippen LogP contribution in [0.4, 0.5) is 5.69 Å². The molecular formula is C26H23N3O3. The third kappa shape index (κ3) is 4.92. The maximum Gasteiger partial charge on any atom is 0.255 e. The molecule has 6 nitrogen and oxygen atoms in total. The monoisotopic (exact) mass is 425 g/mol. The number of aromatic nitrogens is 2. The highest BCUT2D eigenvalue weighted by atomic mass is 16.5. The first-order valence-corrected chi connectivity index (χ1v) is 10.2.